The Labute approximate surface area is 137 Å². The summed E-state index contributed by atoms with van der Waals surface area (Å²) in [5.74, 6) is 1.00. The minimum atomic E-state index is -0.190. The van der Waals surface area contributed by atoms with Crippen LogP contribution >= 0.6 is 0 Å². The molecule has 1 aliphatic carbocycles. The number of allylic oxidation sites excluding steroid dienone is 1. The molecule has 1 amide bonds. The summed E-state index contributed by atoms with van der Waals surface area (Å²) in [4.78, 5) is 16.8. The lowest BCUT2D eigenvalue weighted by atomic mass is 10.0. The SMILES string of the molecule is C=N/C(NC1(C)CC1)=C(\C)C(C(=O)Nc1ccn(C)n1)=C(C)C. The normalized spacial score (nSPS) is 16.2. The van der Waals surface area contributed by atoms with Crippen LogP contribution in [0.4, 0.5) is 5.82 Å². The lowest BCUT2D eigenvalue weighted by Gasteiger charge is -2.18. The van der Waals surface area contributed by atoms with Crippen molar-refractivity contribution in [2.45, 2.75) is 46.1 Å². The van der Waals surface area contributed by atoms with Gasteiger partial charge in [-0.25, -0.2) is 4.99 Å². The highest BCUT2D eigenvalue weighted by molar-refractivity contribution is 6.07. The number of aromatic nitrogens is 2. The third-order valence-corrected chi connectivity index (χ3v) is 3.99. The molecule has 0 saturated heterocycles. The number of hydrogen-bond acceptors (Lipinski definition) is 4. The Morgan fingerprint density at radius 1 is 1.39 bits per heavy atom. The molecule has 0 unspecified atom stereocenters. The molecule has 0 bridgehead atoms. The first kappa shape index (κ1) is 17.0. The molecule has 0 aliphatic heterocycles. The van der Waals surface area contributed by atoms with Crippen LogP contribution in [0.2, 0.25) is 0 Å². The van der Waals surface area contributed by atoms with Gasteiger partial charge in [0.05, 0.1) is 0 Å². The third kappa shape index (κ3) is 4.09. The van der Waals surface area contributed by atoms with Gasteiger partial charge in [-0.2, -0.15) is 5.10 Å². The molecule has 6 nitrogen and oxygen atoms in total. The molecule has 0 radical (unpaired) electrons. The Morgan fingerprint density at radius 2 is 2.04 bits per heavy atom. The fourth-order valence-corrected chi connectivity index (χ4v) is 2.40. The Morgan fingerprint density at radius 3 is 2.48 bits per heavy atom. The highest BCUT2D eigenvalue weighted by atomic mass is 16.1. The van der Waals surface area contributed by atoms with E-state index < -0.39 is 0 Å². The van der Waals surface area contributed by atoms with E-state index in [9.17, 15) is 4.79 Å². The summed E-state index contributed by atoms with van der Waals surface area (Å²) < 4.78 is 1.65. The predicted molar refractivity (Wildman–Crippen MR) is 93.2 cm³/mol. The fourth-order valence-electron chi connectivity index (χ4n) is 2.40. The van der Waals surface area contributed by atoms with Gasteiger partial charge >= 0.3 is 0 Å². The maximum absolute atomic E-state index is 12.7. The zero-order chi connectivity index (χ0) is 17.2. The van der Waals surface area contributed by atoms with Crippen molar-refractivity contribution in [3.63, 3.8) is 0 Å². The van der Waals surface area contributed by atoms with Gasteiger partial charge in [0.25, 0.3) is 5.91 Å². The van der Waals surface area contributed by atoms with Crippen molar-refractivity contribution in [3.8, 4) is 0 Å². The molecule has 6 heteroatoms. The molecule has 1 aromatic heterocycles. The number of rotatable bonds is 6. The summed E-state index contributed by atoms with van der Waals surface area (Å²) in [5, 5.41) is 10.4. The average Bonchev–Trinajstić information content (AvgIpc) is 3.05. The Balaban J connectivity index is 2.27. The van der Waals surface area contributed by atoms with Crippen LogP contribution in [0.15, 0.2) is 39.8 Å². The molecular weight excluding hydrogens is 290 g/mol. The number of carbonyl (C=O) groups is 1. The number of nitrogens with one attached hydrogen (secondary N) is 2. The van der Waals surface area contributed by atoms with Gasteiger partial charge in [0.1, 0.15) is 5.82 Å². The molecule has 23 heavy (non-hydrogen) atoms. The summed E-state index contributed by atoms with van der Waals surface area (Å²) in [5.41, 5.74) is 2.39. The number of nitrogens with zero attached hydrogens (tertiary/aromatic N) is 3. The van der Waals surface area contributed by atoms with E-state index in [1.165, 1.54) is 0 Å². The van der Waals surface area contributed by atoms with Crippen molar-refractivity contribution in [1.82, 2.24) is 15.1 Å². The molecular formula is C17H25N5O. The van der Waals surface area contributed by atoms with Gasteiger partial charge in [-0.15, -0.1) is 0 Å². The largest absolute Gasteiger partial charge is 0.365 e. The van der Waals surface area contributed by atoms with Crippen molar-refractivity contribution in [3.05, 3.63) is 34.8 Å². The number of anilines is 1. The van der Waals surface area contributed by atoms with E-state index in [0.717, 1.165) is 24.0 Å². The lowest BCUT2D eigenvalue weighted by Crippen LogP contribution is -2.28. The van der Waals surface area contributed by atoms with E-state index in [4.69, 9.17) is 0 Å². The van der Waals surface area contributed by atoms with Crippen LogP contribution in [-0.4, -0.2) is 27.9 Å². The topological polar surface area (TPSA) is 71.3 Å². The predicted octanol–water partition coefficient (Wildman–Crippen LogP) is 2.77. The first-order valence-corrected chi connectivity index (χ1v) is 7.70. The standard InChI is InChI=1S/C17H25N5O/c1-11(2)14(16(23)19-13-7-10-22(6)21-13)12(3)15(18-5)20-17(4)8-9-17/h7,10,20H,5,8-9H2,1-4,6H3,(H,19,21,23)/b15-12-. The number of hydrogen-bond donors (Lipinski definition) is 2. The minimum absolute atomic E-state index is 0.0714. The zero-order valence-corrected chi connectivity index (χ0v) is 14.5. The highest BCUT2D eigenvalue weighted by Gasteiger charge is 2.38. The molecule has 0 atom stereocenters. The third-order valence-electron chi connectivity index (χ3n) is 3.99. The van der Waals surface area contributed by atoms with Gasteiger partial charge in [0, 0.05) is 36.0 Å². The second-order valence-electron chi connectivity index (χ2n) is 6.52. The van der Waals surface area contributed by atoms with Crippen LogP contribution < -0.4 is 10.6 Å². The van der Waals surface area contributed by atoms with Gasteiger partial charge in [-0.3, -0.25) is 9.48 Å². The molecule has 2 rings (SSSR count). The van der Waals surface area contributed by atoms with Gasteiger partial charge in [0.2, 0.25) is 0 Å². The number of amides is 1. The van der Waals surface area contributed by atoms with Crippen LogP contribution in [0.5, 0.6) is 0 Å². The van der Waals surface area contributed by atoms with Crippen molar-refractivity contribution < 1.29 is 4.79 Å². The van der Waals surface area contributed by atoms with Crippen molar-refractivity contribution in [2.24, 2.45) is 12.0 Å². The summed E-state index contributed by atoms with van der Waals surface area (Å²) in [6.45, 7) is 11.5. The molecule has 1 fully saturated rings. The first-order chi connectivity index (χ1) is 10.8. The van der Waals surface area contributed by atoms with E-state index in [1.807, 2.05) is 27.8 Å². The average molecular weight is 315 g/mol. The summed E-state index contributed by atoms with van der Waals surface area (Å²) in [6.07, 6.45) is 3.99. The Kier molecular flexibility index (Phi) is 4.73. The quantitative estimate of drug-likeness (QED) is 0.482. The van der Waals surface area contributed by atoms with E-state index in [-0.39, 0.29) is 11.4 Å². The summed E-state index contributed by atoms with van der Waals surface area (Å²) in [7, 11) is 1.81. The fraction of sp³-hybridized carbons (Fsp3) is 0.471. The Bertz CT molecular complexity index is 688. The monoisotopic (exact) mass is 315 g/mol. The molecule has 0 spiro atoms. The van der Waals surface area contributed by atoms with Crippen LogP contribution in [0.1, 0.15) is 40.5 Å². The van der Waals surface area contributed by atoms with Crippen molar-refractivity contribution in [2.75, 3.05) is 5.32 Å². The molecule has 2 N–H and O–H groups in total. The Hall–Kier alpha value is -2.37. The molecule has 124 valence electrons. The van der Waals surface area contributed by atoms with Crippen LogP contribution in [-0.2, 0) is 11.8 Å². The van der Waals surface area contributed by atoms with E-state index in [0.29, 0.717) is 17.2 Å². The zero-order valence-electron chi connectivity index (χ0n) is 14.5. The summed E-state index contributed by atoms with van der Waals surface area (Å²) in [6, 6.07) is 1.76. The van der Waals surface area contributed by atoms with Crippen LogP contribution in [0.25, 0.3) is 0 Å². The second kappa shape index (κ2) is 6.40. The van der Waals surface area contributed by atoms with Gasteiger partial charge in [-0.1, -0.05) is 5.57 Å². The lowest BCUT2D eigenvalue weighted by molar-refractivity contribution is -0.112. The number of carbonyl (C=O) groups excluding carboxylic acids is 1. The van der Waals surface area contributed by atoms with Gasteiger partial charge in [-0.05, 0) is 47.3 Å². The molecule has 1 aliphatic rings. The minimum Gasteiger partial charge on any atom is -0.365 e. The van der Waals surface area contributed by atoms with Crippen molar-refractivity contribution >= 4 is 18.4 Å². The van der Waals surface area contributed by atoms with Gasteiger partial charge in [0.15, 0.2) is 5.82 Å². The number of aliphatic imine (C=N–C) groups is 1. The molecule has 1 saturated carbocycles. The molecule has 0 aromatic carbocycles. The van der Waals surface area contributed by atoms with E-state index in [2.05, 4.69) is 34.4 Å². The second-order valence-corrected chi connectivity index (χ2v) is 6.52. The van der Waals surface area contributed by atoms with E-state index >= 15 is 0 Å². The van der Waals surface area contributed by atoms with E-state index in [1.54, 1.807) is 16.9 Å². The van der Waals surface area contributed by atoms with Crippen molar-refractivity contribution in [1.29, 1.82) is 0 Å². The van der Waals surface area contributed by atoms with Crippen LogP contribution in [0, 0.1) is 0 Å². The first-order valence-electron chi connectivity index (χ1n) is 7.70. The maximum atomic E-state index is 12.7. The number of aryl methyl sites for hydroxylation is 1. The van der Waals surface area contributed by atoms with Gasteiger partial charge < -0.3 is 10.6 Å². The molecule has 1 heterocycles. The molecule has 1 aromatic rings. The summed E-state index contributed by atoms with van der Waals surface area (Å²) >= 11 is 0. The van der Waals surface area contributed by atoms with Crippen LogP contribution in [0.3, 0.4) is 0 Å². The highest BCUT2D eigenvalue weighted by Crippen LogP contribution is 2.36. The maximum Gasteiger partial charge on any atom is 0.257 e. The smallest absolute Gasteiger partial charge is 0.257 e.